The lowest BCUT2D eigenvalue weighted by Crippen LogP contribution is -2.41. The summed E-state index contributed by atoms with van der Waals surface area (Å²) in [5, 5.41) is 11.1. The molecule has 0 radical (unpaired) electrons. The van der Waals surface area contributed by atoms with Crippen LogP contribution in [0.1, 0.15) is 19.8 Å². The van der Waals surface area contributed by atoms with Crippen molar-refractivity contribution < 1.29 is 14.7 Å². The van der Waals surface area contributed by atoms with E-state index in [0.29, 0.717) is 19.4 Å². The Morgan fingerprint density at radius 2 is 2.00 bits per heavy atom. The summed E-state index contributed by atoms with van der Waals surface area (Å²) in [7, 11) is 3.73. The van der Waals surface area contributed by atoms with Crippen LogP contribution in [0.15, 0.2) is 0 Å². The highest BCUT2D eigenvalue weighted by atomic mass is 16.4. The SMILES string of the molecule is CC[C@@H](NC(=O)CCN(C)C)C(=O)O. The first-order valence-corrected chi connectivity index (χ1v) is 4.64. The zero-order valence-electron chi connectivity index (χ0n) is 8.91. The Kier molecular flexibility index (Phi) is 5.87. The molecule has 0 aliphatic carbocycles. The molecule has 0 saturated heterocycles. The molecule has 5 nitrogen and oxygen atoms in total. The number of carboxylic acids is 1. The first-order valence-electron chi connectivity index (χ1n) is 4.64. The van der Waals surface area contributed by atoms with E-state index in [9.17, 15) is 9.59 Å². The number of carboxylic acid groups (broad SMARTS) is 1. The fraction of sp³-hybridized carbons (Fsp3) is 0.778. The van der Waals surface area contributed by atoms with E-state index in [-0.39, 0.29) is 5.91 Å². The predicted octanol–water partition coefficient (Wildman–Crippen LogP) is -0.0825. The number of hydrogen-bond acceptors (Lipinski definition) is 3. The minimum atomic E-state index is -0.981. The fourth-order valence-corrected chi connectivity index (χ4v) is 0.930. The molecule has 5 heteroatoms. The molecule has 0 aromatic heterocycles. The molecular formula is C9H18N2O3. The lowest BCUT2D eigenvalue weighted by atomic mass is 10.2. The van der Waals surface area contributed by atoms with Crippen LogP contribution in [0.3, 0.4) is 0 Å². The minimum absolute atomic E-state index is 0.215. The molecule has 0 aromatic carbocycles. The maximum absolute atomic E-state index is 11.2. The van der Waals surface area contributed by atoms with Gasteiger partial charge in [0.1, 0.15) is 6.04 Å². The number of aliphatic carboxylic acids is 1. The van der Waals surface area contributed by atoms with Gasteiger partial charge in [0, 0.05) is 13.0 Å². The molecule has 0 bridgehead atoms. The van der Waals surface area contributed by atoms with Gasteiger partial charge < -0.3 is 15.3 Å². The summed E-state index contributed by atoms with van der Waals surface area (Å²) >= 11 is 0. The van der Waals surface area contributed by atoms with E-state index in [0.717, 1.165) is 0 Å². The van der Waals surface area contributed by atoms with Crippen LogP contribution in [-0.4, -0.2) is 48.6 Å². The van der Waals surface area contributed by atoms with Crippen molar-refractivity contribution in [2.75, 3.05) is 20.6 Å². The van der Waals surface area contributed by atoms with Crippen molar-refractivity contribution in [2.24, 2.45) is 0 Å². The van der Waals surface area contributed by atoms with Gasteiger partial charge in [0.15, 0.2) is 0 Å². The smallest absolute Gasteiger partial charge is 0.326 e. The van der Waals surface area contributed by atoms with Crippen molar-refractivity contribution in [3.05, 3.63) is 0 Å². The summed E-state index contributed by atoms with van der Waals surface area (Å²) in [5.74, 6) is -1.20. The van der Waals surface area contributed by atoms with Crippen molar-refractivity contribution in [1.82, 2.24) is 10.2 Å². The summed E-state index contributed by atoms with van der Waals surface area (Å²) in [4.78, 5) is 23.7. The van der Waals surface area contributed by atoms with Gasteiger partial charge in [-0.1, -0.05) is 6.92 Å². The normalized spacial score (nSPS) is 12.6. The van der Waals surface area contributed by atoms with Crippen molar-refractivity contribution in [2.45, 2.75) is 25.8 Å². The highest BCUT2D eigenvalue weighted by Crippen LogP contribution is 1.92. The predicted molar refractivity (Wildman–Crippen MR) is 53.0 cm³/mol. The largest absolute Gasteiger partial charge is 0.480 e. The van der Waals surface area contributed by atoms with Gasteiger partial charge in [0.2, 0.25) is 5.91 Å². The van der Waals surface area contributed by atoms with Gasteiger partial charge in [-0.2, -0.15) is 0 Å². The molecule has 14 heavy (non-hydrogen) atoms. The number of amides is 1. The number of carbonyl (C=O) groups excluding carboxylic acids is 1. The van der Waals surface area contributed by atoms with E-state index < -0.39 is 12.0 Å². The Hall–Kier alpha value is -1.10. The maximum Gasteiger partial charge on any atom is 0.326 e. The number of hydrogen-bond donors (Lipinski definition) is 2. The summed E-state index contributed by atoms with van der Waals surface area (Å²) in [6.45, 7) is 2.35. The molecule has 0 aliphatic heterocycles. The number of rotatable bonds is 6. The van der Waals surface area contributed by atoms with E-state index in [1.165, 1.54) is 0 Å². The van der Waals surface area contributed by atoms with Gasteiger partial charge in [0.05, 0.1) is 0 Å². The van der Waals surface area contributed by atoms with Gasteiger partial charge in [-0.05, 0) is 20.5 Å². The van der Waals surface area contributed by atoms with Crippen LogP contribution in [-0.2, 0) is 9.59 Å². The highest BCUT2D eigenvalue weighted by molar-refractivity contribution is 5.83. The van der Waals surface area contributed by atoms with Gasteiger partial charge >= 0.3 is 5.97 Å². The third kappa shape index (κ3) is 5.53. The number of carbonyl (C=O) groups is 2. The van der Waals surface area contributed by atoms with Crippen molar-refractivity contribution in [1.29, 1.82) is 0 Å². The van der Waals surface area contributed by atoms with Gasteiger partial charge in [-0.15, -0.1) is 0 Å². The molecule has 82 valence electrons. The Bertz CT molecular complexity index is 204. The minimum Gasteiger partial charge on any atom is -0.480 e. The molecule has 0 spiro atoms. The summed E-state index contributed by atoms with van der Waals surface area (Å²) in [6.07, 6.45) is 0.736. The monoisotopic (exact) mass is 202 g/mol. The molecule has 0 aromatic rings. The van der Waals surface area contributed by atoms with E-state index in [2.05, 4.69) is 5.32 Å². The van der Waals surface area contributed by atoms with Gasteiger partial charge in [-0.25, -0.2) is 4.79 Å². The summed E-state index contributed by atoms with van der Waals surface area (Å²) in [5.41, 5.74) is 0. The summed E-state index contributed by atoms with van der Waals surface area (Å²) < 4.78 is 0. The molecule has 0 heterocycles. The van der Waals surface area contributed by atoms with Crippen LogP contribution in [0, 0.1) is 0 Å². The van der Waals surface area contributed by atoms with Crippen LogP contribution in [0.2, 0.25) is 0 Å². The first kappa shape index (κ1) is 12.9. The van der Waals surface area contributed by atoms with E-state index in [1.807, 2.05) is 19.0 Å². The second-order valence-corrected chi connectivity index (χ2v) is 3.42. The Balaban J connectivity index is 3.85. The standard InChI is InChI=1S/C9H18N2O3/c1-4-7(9(13)14)10-8(12)5-6-11(2)3/h7H,4-6H2,1-3H3,(H,10,12)(H,13,14)/t7-/m1/s1. The molecule has 0 fully saturated rings. The molecule has 0 aliphatic rings. The van der Waals surface area contributed by atoms with Crippen LogP contribution in [0.4, 0.5) is 0 Å². The molecule has 0 unspecified atom stereocenters. The zero-order chi connectivity index (χ0) is 11.1. The van der Waals surface area contributed by atoms with Crippen LogP contribution in [0.25, 0.3) is 0 Å². The lowest BCUT2D eigenvalue weighted by Gasteiger charge is -2.13. The second-order valence-electron chi connectivity index (χ2n) is 3.42. The fourth-order valence-electron chi connectivity index (χ4n) is 0.930. The van der Waals surface area contributed by atoms with E-state index >= 15 is 0 Å². The average Bonchev–Trinajstić information content (AvgIpc) is 2.10. The van der Waals surface area contributed by atoms with Gasteiger partial charge in [0.25, 0.3) is 0 Å². The lowest BCUT2D eigenvalue weighted by molar-refractivity contribution is -0.141. The topological polar surface area (TPSA) is 69.6 Å². The van der Waals surface area contributed by atoms with Crippen molar-refractivity contribution in [3.63, 3.8) is 0 Å². The van der Waals surface area contributed by atoms with Gasteiger partial charge in [-0.3, -0.25) is 4.79 Å². The van der Waals surface area contributed by atoms with E-state index in [4.69, 9.17) is 5.11 Å². The molecule has 0 rings (SSSR count). The zero-order valence-corrected chi connectivity index (χ0v) is 8.91. The van der Waals surface area contributed by atoms with E-state index in [1.54, 1.807) is 6.92 Å². The average molecular weight is 202 g/mol. The molecule has 1 amide bonds. The highest BCUT2D eigenvalue weighted by Gasteiger charge is 2.16. The number of nitrogens with one attached hydrogen (secondary N) is 1. The number of nitrogens with zero attached hydrogens (tertiary/aromatic N) is 1. The molecule has 1 atom stereocenters. The third-order valence-corrected chi connectivity index (χ3v) is 1.83. The summed E-state index contributed by atoms with van der Waals surface area (Å²) in [6, 6.07) is -0.760. The molecule has 2 N–H and O–H groups in total. The molecule has 0 saturated carbocycles. The third-order valence-electron chi connectivity index (χ3n) is 1.83. The van der Waals surface area contributed by atoms with Crippen molar-refractivity contribution in [3.8, 4) is 0 Å². The Morgan fingerprint density at radius 3 is 2.36 bits per heavy atom. The Morgan fingerprint density at radius 1 is 1.43 bits per heavy atom. The van der Waals surface area contributed by atoms with Crippen LogP contribution < -0.4 is 5.32 Å². The van der Waals surface area contributed by atoms with Crippen LogP contribution in [0.5, 0.6) is 0 Å². The maximum atomic E-state index is 11.2. The quantitative estimate of drug-likeness (QED) is 0.632. The Labute approximate surface area is 84.1 Å². The molecular weight excluding hydrogens is 184 g/mol. The first-order chi connectivity index (χ1) is 6.47. The van der Waals surface area contributed by atoms with Crippen molar-refractivity contribution >= 4 is 11.9 Å². The van der Waals surface area contributed by atoms with Crippen LogP contribution >= 0.6 is 0 Å². The second kappa shape index (κ2) is 6.37.